The highest BCUT2D eigenvalue weighted by molar-refractivity contribution is 5.99. The lowest BCUT2D eigenvalue weighted by molar-refractivity contribution is 0.0793. The Labute approximate surface area is 150 Å². The van der Waals surface area contributed by atoms with Crippen LogP contribution in [-0.4, -0.2) is 78.7 Å². The molecule has 25 heavy (non-hydrogen) atoms. The third kappa shape index (κ3) is 3.96. The van der Waals surface area contributed by atoms with Crippen LogP contribution in [0, 0.1) is 11.8 Å². The van der Waals surface area contributed by atoms with Crippen LogP contribution in [0.25, 0.3) is 0 Å². The van der Waals surface area contributed by atoms with Gasteiger partial charge in [-0.15, -0.1) is 0 Å². The molecule has 0 aliphatic carbocycles. The zero-order chi connectivity index (χ0) is 17.8. The maximum atomic E-state index is 12.9. The van der Waals surface area contributed by atoms with E-state index in [1.54, 1.807) is 6.20 Å². The Morgan fingerprint density at radius 2 is 2.04 bits per heavy atom. The molecule has 1 N–H and O–H groups in total. The van der Waals surface area contributed by atoms with E-state index in [-0.39, 0.29) is 18.4 Å². The zero-order valence-corrected chi connectivity index (χ0v) is 15.4. The second kappa shape index (κ2) is 8.15. The van der Waals surface area contributed by atoms with E-state index >= 15 is 0 Å². The van der Waals surface area contributed by atoms with Crippen molar-refractivity contribution in [1.82, 2.24) is 14.8 Å². The van der Waals surface area contributed by atoms with E-state index in [1.807, 2.05) is 17.0 Å². The summed E-state index contributed by atoms with van der Waals surface area (Å²) in [6.45, 7) is 7.57. The van der Waals surface area contributed by atoms with Crippen molar-refractivity contribution in [1.29, 1.82) is 0 Å². The number of anilines is 1. The maximum Gasteiger partial charge on any atom is 0.257 e. The molecule has 1 aromatic rings. The van der Waals surface area contributed by atoms with Gasteiger partial charge >= 0.3 is 0 Å². The van der Waals surface area contributed by atoms with Gasteiger partial charge in [0, 0.05) is 51.4 Å². The SMILES string of the molecule is CCN(C)C[C@@H]1CN(c2ncccc2C(=O)N2CCCC2)C[C@@H]1CO. The number of pyridine rings is 1. The van der Waals surface area contributed by atoms with Gasteiger partial charge < -0.3 is 19.8 Å². The van der Waals surface area contributed by atoms with Crippen molar-refractivity contribution in [3.63, 3.8) is 0 Å². The fourth-order valence-electron chi connectivity index (χ4n) is 3.96. The van der Waals surface area contributed by atoms with Crippen molar-refractivity contribution < 1.29 is 9.90 Å². The highest BCUT2D eigenvalue weighted by Gasteiger charge is 2.35. The Kier molecular flexibility index (Phi) is 5.91. The molecule has 0 saturated carbocycles. The van der Waals surface area contributed by atoms with Crippen molar-refractivity contribution in [2.75, 3.05) is 57.8 Å². The Hall–Kier alpha value is -1.66. The van der Waals surface area contributed by atoms with Crippen LogP contribution in [0.15, 0.2) is 18.3 Å². The molecule has 2 fully saturated rings. The van der Waals surface area contributed by atoms with Crippen LogP contribution in [0.4, 0.5) is 5.82 Å². The number of hydrogen-bond donors (Lipinski definition) is 1. The monoisotopic (exact) mass is 346 g/mol. The lowest BCUT2D eigenvalue weighted by Gasteiger charge is -2.24. The first-order chi connectivity index (χ1) is 12.1. The molecule has 1 aromatic heterocycles. The topological polar surface area (TPSA) is 59.9 Å². The number of nitrogens with zero attached hydrogens (tertiary/aromatic N) is 4. The van der Waals surface area contributed by atoms with E-state index in [4.69, 9.17) is 0 Å². The van der Waals surface area contributed by atoms with Crippen molar-refractivity contribution >= 4 is 11.7 Å². The number of aliphatic hydroxyl groups is 1. The smallest absolute Gasteiger partial charge is 0.257 e. The number of likely N-dealkylation sites (tertiary alicyclic amines) is 1. The predicted octanol–water partition coefficient (Wildman–Crippen LogP) is 1.31. The summed E-state index contributed by atoms with van der Waals surface area (Å²) in [7, 11) is 2.11. The maximum absolute atomic E-state index is 12.9. The molecule has 0 bridgehead atoms. The predicted molar refractivity (Wildman–Crippen MR) is 98.8 cm³/mol. The highest BCUT2D eigenvalue weighted by atomic mass is 16.3. The first-order valence-corrected chi connectivity index (χ1v) is 9.42. The largest absolute Gasteiger partial charge is 0.396 e. The molecule has 2 aliphatic rings. The third-order valence-electron chi connectivity index (χ3n) is 5.61. The van der Waals surface area contributed by atoms with Gasteiger partial charge in [0.15, 0.2) is 0 Å². The molecule has 0 unspecified atom stereocenters. The molecule has 3 rings (SSSR count). The van der Waals surface area contributed by atoms with Crippen LogP contribution in [0.1, 0.15) is 30.1 Å². The van der Waals surface area contributed by atoms with Gasteiger partial charge in [0.1, 0.15) is 5.82 Å². The fourth-order valence-corrected chi connectivity index (χ4v) is 3.96. The van der Waals surface area contributed by atoms with Gasteiger partial charge in [-0.1, -0.05) is 6.92 Å². The van der Waals surface area contributed by atoms with E-state index in [0.717, 1.165) is 57.9 Å². The Morgan fingerprint density at radius 1 is 1.32 bits per heavy atom. The van der Waals surface area contributed by atoms with E-state index in [2.05, 4.69) is 28.8 Å². The van der Waals surface area contributed by atoms with Crippen LogP contribution in [0.2, 0.25) is 0 Å². The van der Waals surface area contributed by atoms with Crippen LogP contribution >= 0.6 is 0 Å². The summed E-state index contributed by atoms with van der Waals surface area (Å²) in [5.41, 5.74) is 0.700. The van der Waals surface area contributed by atoms with Crippen molar-refractivity contribution in [2.24, 2.45) is 11.8 Å². The number of rotatable bonds is 6. The van der Waals surface area contributed by atoms with E-state index in [1.165, 1.54) is 0 Å². The molecule has 1 amide bonds. The summed E-state index contributed by atoms with van der Waals surface area (Å²) < 4.78 is 0. The van der Waals surface area contributed by atoms with E-state index in [9.17, 15) is 9.90 Å². The van der Waals surface area contributed by atoms with Crippen molar-refractivity contribution in [2.45, 2.75) is 19.8 Å². The second-order valence-electron chi connectivity index (χ2n) is 7.34. The minimum atomic E-state index is 0.0928. The number of aliphatic hydroxyl groups excluding tert-OH is 1. The summed E-state index contributed by atoms with van der Waals surface area (Å²) >= 11 is 0. The van der Waals surface area contributed by atoms with Gasteiger partial charge in [0.25, 0.3) is 5.91 Å². The molecule has 3 heterocycles. The molecule has 2 atom stereocenters. The van der Waals surface area contributed by atoms with Crippen LogP contribution in [0.3, 0.4) is 0 Å². The summed E-state index contributed by atoms with van der Waals surface area (Å²) in [5, 5.41) is 9.80. The minimum Gasteiger partial charge on any atom is -0.396 e. The number of carbonyl (C=O) groups is 1. The average molecular weight is 346 g/mol. The summed E-state index contributed by atoms with van der Waals surface area (Å²) in [6.07, 6.45) is 3.93. The first-order valence-electron chi connectivity index (χ1n) is 9.42. The molecular formula is C19H30N4O2. The summed E-state index contributed by atoms with van der Waals surface area (Å²) in [6, 6.07) is 3.73. The lowest BCUT2D eigenvalue weighted by atomic mass is 9.96. The average Bonchev–Trinajstić information content (AvgIpc) is 3.31. The summed E-state index contributed by atoms with van der Waals surface area (Å²) in [5.74, 6) is 1.49. The Bertz CT molecular complexity index is 589. The second-order valence-corrected chi connectivity index (χ2v) is 7.34. The van der Waals surface area contributed by atoms with E-state index in [0.29, 0.717) is 11.5 Å². The van der Waals surface area contributed by atoms with Crippen LogP contribution < -0.4 is 4.90 Å². The third-order valence-corrected chi connectivity index (χ3v) is 5.61. The molecule has 0 radical (unpaired) electrons. The van der Waals surface area contributed by atoms with E-state index < -0.39 is 0 Å². The minimum absolute atomic E-state index is 0.0928. The Balaban J connectivity index is 1.78. The Morgan fingerprint density at radius 3 is 2.72 bits per heavy atom. The van der Waals surface area contributed by atoms with Gasteiger partial charge in [0.2, 0.25) is 0 Å². The molecule has 6 heteroatoms. The number of amides is 1. The van der Waals surface area contributed by atoms with Gasteiger partial charge in [-0.3, -0.25) is 4.79 Å². The van der Waals surface area contributed by atoms with Gasteiger partial charge in [0.05, 0.1) is 5.56 Å². The van der Waals surface area contributed by atoms with Crippen LogP contribution in [0.5, 0.6) is 0 Å². The molecule has 6 nitrogen and oxygen atoms in total. The lowest BCUT2D eigenvalue weighted by Crippen LogP contribution is -2.32. The van der Waals surface area contributed by atoms with Crippen molar-refractivity contribution in [3.8, 4) is 0 Å². The van der Waals surface area contributed by atoms with Gasteiger partial charge in [-0.2, -0.15) is 0 Å². The standard InChI is InChI=1S/C19H30N4O2/c1-3-21(2)11-15-12-23(13-16(15)14-24)18-17(7-6-8-20-18)19(25)22-9-4-5-10-22/h6-8,15-16,24H,3-5,9-14H2,1-2H3/t15-,16-/m1/s1. The molecule has 0 spiro atoms. The molecule has 2 aliphatic heterocycles. The quantitative estimate of drug-likeness (QED) is 0.842. The van der Waals surface area contributed by atoms with Gasteiger partial charge in [-0.25, -0.2) is 4.98 Å². The number of carbonyl (C=O) groups excluding carboxylic acids is 1. The molecular weight excluding hydrogens is 316 g/mol. The zero-order valence-electron chi connectivity index (χ0n) is 15.4. The number of aromatic nitrogens is 1. The van der Waals surface area contributed by atoms with Gasteiger partial charge in [-0.05, 0) is 44.5 Å². The summed E-state index contributed by atoms with van der Waals surface area (Å²) in [4.78, 5) is 23.8. The molecule has 138 valence electrons. The van der Waals surface area contributed by atoms with Crippen LogP contribution in [-0.2, 0) is 0 Å². The molecule has 2 saturated heterocycles. The fraction of sp³-hybridized carbons (Fsp3) is 0.684. The normalized spacial score (nSPS) is 23.7. The van der Waals surface area contributed by atoms with Crippen molar-refractivity contribution in [3.05, 3.63) is 23.9 Å². The highest BCUT2D eigenvalue weighted by Crippen LogP contribution is 2.30. The first kappa shape index (κ1) is 18.1. The number of hydrogen-bond acceptors (Lipinski definition) is 5. The molecule has 0 aromatic carbocycles.